The van der Waals surface area contributed by atoms with Gasteiger partial charge >= 0.3 is 0 Å². The third-order valence-corrected chi connectivity index (χ3v) is 2.87. The number of hydrogen-bond donors (Lipinski definition) is 0. The fourth-order valence-electron chi connectivity index (χ4n) is 0.824. The highest BCUT2D eigenvalue weighted by Crippen LogP contribution is 2.22. The average Bonchev–Trinajstić information content (AvgIpc) is 2.26. The van der Waals surface area contributed by atoms with Crippen molar-refractivity contribution in [3.63, 3.8) is 0 Å². The number of thiazole rings is 1. The van der Waals surface area contributed by atoms with Crippen LogP contribution in [-0.4, -0.2) is 18.7 Å². The third-order valence-electron chi connectivity index (χ3n) is 1.41. The molecule has 0 saturated heterocycles. The zero-order valence-corrected chi connectivity index (χ0v) is 8.96. The largest absolute Gasteiger partial charge is 0.384 e. The van der Waals surface area contributed by atoms with Crippen molar-refractivity contribution in [1.82, 2.24) is 4.98 Å². The Hall–Kier alpha value is 0.0700. The summed E-state index contributed by atoms with van der Waals surface area (Å²) in [5, 5.41) is 0. The van der Waals surface area contributed by atoms with Gasteiger partial charge in [-0.25, -0.2) is 4.98 Å². The smallest absolute Gasteiger partial charge is 0.159 e. The molecule has 0 radical (unpaired) electrons. The fourth-order valence-corrected chi connectivity index (χ4v) is 2.44. The van der Waals surface area contributed by atoms with E-state index in [1.807, 2.05) is 0 Å². The van der Waals surface area contributed by atoms with Gasteiger partial charge in [-0.1, -0.05) is 0 Å². The molecular formula is C7H10BrNOS. The number of halogens is 1. The van der Waals surface area contributed by atoms with Crippen LogP contribution in [0.25, 0.3) is 0 Å². The molecule has 0 spiro atoms. The standard InChI is InChI=1S/C7H10BrNOS/c1-5-6(3-4-10-2)9-7(8)11-5/h3-4H2,1-2H3. The van der Waals surface area contributed by atoms with Crippen LogP contribution in [0.3, 0.4) is 0 Å². The summed E-state index contributed by atoms with van der Waals surface area (Å²) in [6, 6.07) is 0. The number of rotatable bonds is 3. The first-order chi connectivity index (χ1) is 5.24. The second kappa shape index (κ2) is 4.18. The normalized spacial score (nSPS) is 10.5. The second-order valence-corrected chi connectivity index (χ2v) is 4.69. The minimum Gasteiger partial charge on any atom is -0.384 e. The molecule has 0 aliphatic heterocycles. The molecular weight excluding hydrogens is 226 g/mol. The van der Waals surface area contributed by atoms with Crippen molar-refractivity contribution in [3.8, 4) is 0 Å². The van der Waals surface area contributed by atoms with Crippen molar-refractivity contribution >= 4 is 27.3 Å². The molecule has 1 heterocycles. The van der Waals surface area contributed by atoms with Crippen LogP contribution in [0.1, 0.15) is 10.6 Å². The molecule has 4 heteroatoms. The summed E-state index contributed by atoms with van der Waals surface area (Å²) >= 11 is 5.01. The highest BCUT2D eigenvalue weighted by Gasteiger charge is 2.03. The van der Waals surface area contributed by atoms with Crippen molar-refractivity contribution in [2.24, 2.45) is 0 Å². The Labute approximate surface area is 78.7 Å². The monoisotopic (exact) mass is 235 g/mol. The third kappa shape index (κ3) is 2.54. The molecule has 0 aliphatic rings. The van der Waals surface area contributed by atoms with Gasteiger partial charge in [0.25, 0.3) is 0 Å². The van der Waals surface area contributed by atoms with Crippen LogP contribution >= 0.6 is 27.3 Å². The number of methoxy groups -OCH3 is 1. The molecule has 0 N–H and O–H groups in total. The first kappa shape index (κ1) is 9.16. The Morgan fingerprint density at radius 3 is 2.82 bits per heavy atom. The van der Waals surface area contributed by atoms with Gasteiger partial charge in [-0.15, -0.1) is 11.3 Å². The molecule has 0 aromatic carbocycles. The van der Waals surface area contributed by atoms with E-state index in [4.69, 9.17) is 4.74 Å². The van der Waals surface area contributed by atoms with Gasteiger partial charge < -0.3 is 4.74 Å². The highest BCUT2D eigenvalue weighted by molar-refractivity contribution is 9.11. The van der Waals surface area contributed by atoms with Gasteiger partial charge in [0.1, 0.15) is 0 Å². The van der Waals surface area contributed by atoms with E-state index in [1.165, 1.54) is 4.88 Å². The highest BCUT2D eigenvalue weighted by atomic mass is 79.9. The first-order valence-electron chi connectivity index (χ1n) is 3.34. The van der Waals surface area contributed by atoms with E-state index in [9.17, 15) is 0 Å². The Kier molecular flexibility index (Phi) is 3.48. The lowest BCUT2D eigenvalue weighted by atomic mass is 10.3. The van der Waals surface area contributed by atoms with Crippen molar-refractivity contribution < 1.29 is 4.74 Å². The average molecular weight is 236 g/mol. The maximum Gasteiger partial charge on any atom is 0.159 e. The molecule has 0 saturated carbocycles. The zero-order chi connectivity index (χ0) is 8.27. The lowest BCUT2D eigenvalue weighted by Crippen LogP contribution is -1.95. The lowest BCUT2D eigenvalue weighted by molar-refractivity contribution is 0.201. The Morgan fingerprint density at radius 2 is 2.36 bits per heavy atom. The Morgan fingerprint density at radius 1 is 1.64 bits per heavy atom. The predicted molar refractivity (Wildman–Crippen MR) is 50.1 cm³/mol. The van der Waals surface area contributed by atoms with E-state index in [-0.39, 0.29) is 0 Å². The van der Waals surface area contributed by atoms with E-state index in [0.29, 0.717) is 0 Å². The van der Waals surface area contributed by atoms with Crippen LogP contribution in [0, 0.1) is 6.92 Å². The van der Waals surface area contributed by atoms with Gasteiger partial charge in [0.2, 0.25) is 0 Å². The summed E-state index contributed by atoms with van der Waals surface area (Å²) in [6.45, 7) is 2.82. The number of ether oxygens (including phenoxy) is 1. The molecule has 0 fully saturated rings. The zero-order valence-electron chi connectivity index (χ0n) is 6.56. The van der Waals surface area contributed by atoms with E-state index in [1.54, 1.807) is 18.4 Å². The number of aryl methyl sites for hydroxylation is 1. The molecule has 1 aromatic rings. The number of hydrogen-bond acceptors (Lipinski definition) is 3. The van der Waals surface area contributed by atoms with E-state index < -0.39 is 0 Å². The van der Waals surface area contributed by atoms with Crippen LogP contribution in [0.5, 0.6) is 0 Å². The lowest BCUT2D eigenvalue weighted by Gasteiger charge is -1.95. The van der Waals surface area contributed by atoms with E-state index >= 15 is 0 Å². The van der Waals surface area contributed by atoms with Crippen LogP contribution in [0.4, 0.5) is 0 Å². The van der Waals surface area contributed by atoms with Gasteiger partial charge in [-0.2, -0.15) is 0 Å². The van der Waals surface area contributed by atoms with Crippen LogP contribution in [-0.2, 0) is 11.2 Å². The topological polar surface area (TPSA) is 22.1 Å². The van der Waals surface area contributed by atoms with Crippen molar-refractivity contribution in [2.75, 3.05) is 13.7 Å². The molecule has 0 unspecified atom stereocenters. The molecule has 62 valence electrons. The van der Waals surface area contributed by atoms with Gasteiger partial charge in [0.15, 0.2) is 3.92 Å². The van der Waals surface area contributed by atoms with Crippen molar-refractivity contribution in [3.05, 3.63) is 14.5 Å². The minimum absolute atomic E-state index is 0.747. The van der Waals surface area contributed by atoms with Gasteiger partial charge in [0, 0.05) is 18.4 Å². The van der Waals surface area contributed by atoms with E-state index in [0.717, 1.165) is 22.6 Å². The molecule has 1 aromatic heterocycles. The fraction of sp³-hybridized carbons (Fsp3) is 0.571. The summed E-state index contributed by atoms with van der Waals surface area (Å²) in [6.07, 6.45) is 0.907. The first-order valence-corrected chi connectivity index (χ1v) is 4.95. The van der Waals surface area contributed by atoms with Crippen molar-refractivity contribution in [1.29, 1.82) is 0 Å². The maximum atomic E-state index is 4.96. The molecule has 0 aliphatic carbocycles. The van der Waals surface area contributed by atoms with Gasteiger partial charge in [-0.3, -0.25) is 0 Å². The summed E-state index contributed by atoms with van der Waals surface area (Å²) < 4.78 is 5.92. The predicted octanol–water partition coefficient (Wildman–Crippen LogP) is 2.40. The summed E-state index contributed by atoms with van der Waals surface area (Å²) in [5.74, 6) is 0. The quantitative estimate of drug-likeness (QED) is 0.803. The van der Waals surface area contributed by atoms with Crippen LogP contribution < -0.4 is 0 Å². The number of nitrogens with zero attached hydrogens (tertiary/aromatic N) is 1. The number of aromatic nitrogens is 1. The van der Waals surface area contributed by atoms with Crippen LogP contribution in [0.15, 0.2) is 3.92 Å². The minimum atomic E-state index is 0.747. The molecule has 0 amide bonds. The van der Waals surface area contributed by atoms with Crippen LogP contribution in [0.2, 0.25) is 0 Å². The molecule has 0 bridgehead atoms. The second-order valence-electron chi connectivity index (χ2n) is 2.21. The Bertz CT molecular complexity index is 236. The van der Waals surface area contributed by atoms with E-state index in [2.05, 4.69) is 27.8 Å². The van der Waals surface area contributed by atoms with Gasteiger partial charge in [0.05, 0.1) is 12.3 Å². The molecule has 0 atom stereocenters. The molecule has 1 rings (SSSR count). The SMILES string of the molecule is COCCc1nc(Br)sc1C. The van der Waals surface area contributed by atoms with Gasteiger partial charge in [-0.05, 0) is 22.9 Å². The molecule has 11 heavy (non-hydrogen) atoms. The Balaban J connectivity index is 2.62. The maximum absolute atomic E-state index is 4.96. The summed E-state index contributed by atoms with van der Waals surface area (Å²) in [7, 11) is 1.71. The summed E-state index contributed by atoms with van der Waals surface area (Å²) in [5.41, 5.74) is 1.14. The molecule has 2 nitrogen and oxygen atoms in total. The summed E-state index contributed by atoms with van der Waals surface area (Å²) in [4.78, 5) is 5.58. The van der Waals surface area contributed by atoms with Crippen molar-refractivity contribution in [2.45, 2.75) is 13.3 Å².